The molecule has 0 radical (unpaired) electrons. The van der Waals surface area contributed by atoms with Crippen molar-refractivity contribution in [2.45, 2.75) is 26.7 Å². The SMILES string of the molecule is C=C(C)C(=O)OPCCCC. The fraction of sp³-hybridized carbons (Fsp3) is 0.625. The van der Waals surface area contributed by atoms with E-state index in [0.29, 0.717) is 14.4 Å². The van der Waals surface area contributed by atoms with Gasteiger partial charge in [-0.1, -0.05) is 19.9 Å². The summed E-state index contributed by atoms with van der Waals surface area (Å²) in [6.07, 6.45) is 3.26. The van der Waals surface area contributed by atoms with Gasteiger partial charge in [0.15, 0.2) is 0 Å². The Morgan fingerprint density at radius 2 is 2.27 bits per heavy atom. The topological polar surface area (TPSA) is 26.3 Å². The highest BCUT2D eigenvalue weighted by atomic mass is 31.1. The summed E-state index contributed by atoms with van der Waals surface area (Å²) < 4.78 is 4.89. The highest BCUT2D eigenvalue weighted by Gasteiger charge is 2.00. The number of unbranched alkanes of at least 4 members (excludes halogenated alkanes) is 1. The minimum Gasteiger partial charge on any atom is -0.445 e. The summed E-state index contributed by atoms with van der Waals surface area (Å²) in [5.41, 5.74) is 0.481. The highest BCUT2D eigenvalue weighted by molar-refractivity contribution is 7.32. The minimum atomic E-state index is -0.264. The molecular weight excluding hydrogens is 159 g/mol. The van der Waals surface area contributed by atoms with Gasteiger partial charge in [-0.15, -0.1) is 0 Å². The molecule has 0 heterocycles. The molecule has 2 nitrogen and oxygen atoms in total. The van der Waals surface area contributed by atoms with Crippen LogP contribution in [0.1, 0.15) is 26.7 Å². The maximum Gasteiger partial charge on any atom is 0.335 e. The van der Waals surface area contributed by atoms with E-state index in [-0.39, 0.29) is 5.97 Å². The minimum absolute atomic E-state index is 0.264. The maximum atomic E-state index is 10.8. The molecule has 3 heteroatoms. The zero-order chi connectivity index (χ0) is 8.69. The van der Waals surface area contributed by atoms with Crippen LogP contribution in [0, 0.1) is 0 Å². The molecule has 0 rings (SSSR count). The Bertz CT molecular complexity index is 143. The van der Waals surface area contributed by atoms with E-state index >= 15 is 0 Å². The Morgan fingerprint density at radius 3 is 2.73 bits per heavy atom. The van der Waals surface area contributed by atoms with Gasteiger partial charge in [-0.05, 0) is 13.3 Å². The van der Waals surface area contributed by atoms with Crippen LogP contribution in [-0.2, 0) is 9.32 Å². The smallest absolute Gasteiger partial charge is 0.335 e. The van der Waals surface area contributed by atoms with Gasteiger partial charge in [0.1, 0.15) is 0 Å². The third-order valence-corrected chi connectivity index (χ3v) is 2.03. The van der Waals surface area contributed by atoms with Gasteiger partial charge in [0.05, 0.1) is 8.81 Å². The molecule has 0 fully saturated rings. The van der Waals surface area contributed by atoms with Crippen LogP contribution in [0.3, 0.4) is 0 Å². The summed E-state index contributed by atoms with van der Waals surface area (Å²) >= 11 is 0. The van der Waals surface area contributed by atoms with Crippen molar-refractivity contribution in [2.75, 3.05) is 6.16 Å². The zero-order valence-electron chi connectivity index (χ0n) is 7.14. The summed E-state index contributed by atoms with van der Waals surface area (Å²) in [6.45, 7) is 7.26. The van der Waals surface area contributed by atoms with Crippen LogP contribution in [-0.4, -0.2) is 12.1 Å². The van der Waals surface area contributed by atoms with Gasteiger partial charge >= 0.3 is 5.97 Å². The molecule has 11 heavy (non-hydrogen) atoms. The normalized spacial score (nSPS) is 10.4. The Hall–Kier alpha value is -0.360. The van der Waals surface area contributed by atoms with Crippen LogP contribution in [0.25, 0.3) is 0 Å². The van der Waals surface area contributed by atoms with E-state index in [0.717, 1.165) is 19.0 Å². The lowest BCUT2D eigenvalue weighted by molar-refractivity contribution is -0.129. The van der Waals surface area contributed by atoms with Gasteiger partial charge in [-0.25, -0.2) is 4.79 Å². The van der Waals surface area contributed by atoms with Crippen molar-refractivity contribution in [2.24, 2.45) is 0 Å². The first-order valence-electron chi connectivity index (χ1n) is 3.78. The van der Waals surface area contributed by atoms with Gasteiger partial charge in [-0.3, -0.25) is 0 Å². The van der Waals surface area contributed by atoms with Gasteiger partial charge < -0.3 is 4.52 Å². The molecule has 0 aromatic rings. The van der Waals surface area contributed by atoms with Gasteiger partial charge in [-0.2, -0.15) is 0 Å². The molecule has 1 atom stereocenters. The predicted octanol–water partition coefficient (Wildman–Crippen LogP) is 2.50. The van der Waals surface area contributed by atoms with Crippen LogP contribution in [0.2, 0.25) is 0 Å². The Kier molecular flexibility index (Phi) is 6.15. The molecule has 0 aromatic heterocycles. The van der Waals surface area contributed by atoms with Crippen LogP contribution in [0.4, 0.5) is 0 Å². The Morgan fingerprint density at radius 1 is 1.64 bits per heavy atom. The fourth-order valence-electron chi connectivity index (χ4n) is 0.453. The van der Waals surface area contributed by atoms with E-state index in [2.05, 4.69) is 13.5 Å². The number of carbonyl (C=O) groups is 1. The summed E-state index contributed by atoms with van der Waals surface area (Å²) in [7, 11) is 0.302. The first-order valence-corrected chi connectivity index (χ1v) is 4.89. The van der Waals surface area contributed by atoms with Gasteiger partial charge in [0.25, 0.3) is 0 Å². The number of rotatable bonds is 5. The average molecular weight is 174 g/mol. The molecule has 64 valence electrons. The van der Waals surface area contributed by atoms with Crippen LogP contribution in [0.5, 0.6) is 0 Å². The monoisotopic (exact) mass is 174 g/mol. The number of hydrogen-bond acceptors (Lipinski definition) is 2. The van der Waals surface area contributed by atoms with E-state index in [1.165, 1.54) is 0 Å². The molecular formula is C8H15O2P. The van der Waals surface area contributed by atoms with Crippen molar-refractivity contribution in [3.05, 3.63) is 12.2 Å². The van der Waals surface area contributed by atoms with Gasteiger partial charge in [0, 0.05) is 11.7 Å². The van der Waals surface area contributed by atoms with Crippen molar-refractivity contribution in [1.29, 1.82) is 0 Å². The second-order valence-electron chi connectivity index (χ2n) is 2.42. The average Bonchev–Trinajstić information content (AvgIpc) is 1.97. The lowest BCUT2D eigenvalue weighted by Crippen LogP contribution is -1.97. The van der Waals surface area contributed by atoms with E-state index in [1.807, 2.05) is 0 Å². The molecule has 0 aliphatic heterocycles. The quantitative estimate of drug-likeness (QED) is 0.363. The molecule has 0 bridgehead atoms. The van der Waals surface area contributed by atoms with Gasteiger partial charge in [0.2, 0.25) is 0 Å². The van der Waals surface area contributed by atoms with Crippen LogP contribution < -0.4 is 0 Å². The first kappa shape index (κ1) is 10.6. The lowest BCUT2D eigenvalue weighted by Gasteiger charge is -2.01. The van der Waals surface area contributed by atoms with E-state index in [4.69, 9.17) is 4.52 Å². The van der Waals surface area contributed by atoms with Crippen molar-refractivity contribution in [1.82, 2.24) is 0 Å². The lowest BCUT2D eigenvalue weighted by atomic mass is 10.4. The third kappa shape index (κ3) is 6.05. The van der Waals surface area contributed by atoms with E-state index in [9.17, 15) is 4.79 Å². The number of carbonyl (C=O) groups excluding carboxylic acids is 1. The van der Waals surface area contributed by atoms with Crippen LogP contribution in [0.15, 0.2) is 12.2 Å². The number of hydrogen-bond donors (Lipinski definition) is 0. The van der Waals surface area contributed by atoms with Crippen molar-refractivity contribution in [3.63, 3.8) is 0 Å². The Labute approximate surface area is 69.9 Å². The summed E-state index contributed by atoms with van der Waals surface area (Å²) in [5.74, 6) is -0.264. The molecule has 0 amide bonds. The largest absolute Gasteiger partial charge is 0.445 e. The molecule has 0 N–H and O–H groups in total. The zero-order valence-corrected chi connectivity index (χ0v) is 8.14. The second kappa shape index (κ2) is 6.36. The molecule has 1 unspecified atom stereocenters. The molecule has 0 saturated carbocycles. The van der Waals surface area contributed by atoms with Crippen molar-refractivity contribution < 1.29 is 9.32 Å². The molecule has 0 aromatic carbocycles. The molecule has 0 aliphatic rings. The summed E-state index contributed by atoms with van der Waals surface area (Å²) in [5, 5.41) is 0. The predicted molar refractivity (Wildman–Crippen MR) is 49.0 cm³/mol. The second-order valence-corrected chi connectivity index (χ2v) is 3.41. The van der Waals surface area contributed by atoms with Crippen molar-refractivity contribution in [3.8, 4) is 0 Å². The fourth-order valence-corrected chi connectivity index (χ4v) is 1.36. The standard InChI is InChI=1S/C8H15O2P/c1-4-5-6-11-10-8(9)7(2)3/h11H,2,4-6H2,1,3H3. The Balaban J connectivity index is 3.25. The maximum absolute atomic E-state index is 10.8. The third-order valence-electron chi connectivity index (χ3n) is 1.15. The molecule has 0 aliphatic carbocycles. The first-order chi connectivity index (χ1) is 5.18. The summed E-state index contributed by atoms with van der Waals surface area (Å²) in [6, 6.07) is 0. The molecule has 0 saturated heterocycles. The van der Waals surface area contributed by atoms with E-state index in [1.54, 1.807) is 6.92 Å². The van der Waals surface area contributed by atoms with Crippen molar-refractivity contribution >= 4 is 14.8 Å². The van der Waals surface area contributed by atoms with E-state index < -0.39 is 0 Å². The molecule has 0 spiro atoms. The summed E-state index contributed by atoms with van der Waals surface area (Å²) in [4.78, 5) is 10.8. The highest BCUT2D eigenvalue weighted by Crippen LogP contribution is 2.15. The van der Waals surface area contributed by atoms with Crippen LogP contribution >= 0.6 is 8.81 Å².